The Morgan fingerprint density at radius 3 is 1.88 bits per heavy atom. The van der Waals surface area contributed by atoms with Crippen molar-refractivity contribution < 1.29 is 18.4 Å². The van der Waals surface area contributed by atoms with E-state index in [2.05, 4.69) is 5.32 Å². The van der Waals surface area contributed by atoms with Crippen molar-refractivity contribution in [2.24, 2.45) is 0 Å². The molecule has 5 aromatic rings. The van der Waals surface area contributed by atoms with E-state index in [4.69, 9.17) is 4.42 Å². The van der Waals surface area contributed by atoms with Crippen molar-refractivity contribution in [2.45, 2.75) is 5.92 Å². The van der Waals surface area contributed by atoms with E-state index in [-0.39, 0.29) is 17.2 Å². The fraction of sp³-hybridized carbons (Fsp3) is 0.0345. The third-order valence-corrected chi connectivity index (χ3v) is 5.68. The first-order chi connectivity index (χ1) is 16.6. The lowest BCUT2D eigenvalue weighted by Crippen LogP contribution is -2.23. The van der Waals surface area contributed by atoms with E-state index in [0.717, 1.165) is 11.1 Å². The standard InChI is InChI=1S/C29H20FNO3/c30-22-17-15-21(16-18-22)27(32)28-26(23-13-7-8-14-24(23)34-28)31-29(33)25(19-9-3-1-4-10-19)20-11-5-2-6-12-20/h1-18,25H,(H,31,33). The van der Waals surface area contributed by atoms with Gasteiger partial charge in [-0.25, -0.2) is 4.39 Å². The van der Waals surface area contributed by atoms with Gasteiger partial charge in [0.25, 0.3) is 0 Å². The molecule has 0 radical (unpaired) electrons. The van der Waals surface area contributed by atoms with Crippen LogP contribution >= 0.6 is 0 Å². The van der Waals surface area contributed by atoms with E-state index in [0.29, 0.717) is 16.7 Å². The van der Waals surface area contributed by atoms with Crippen LogP contribution in [0.5, 0.6) is 0 Å². The highest BCUT2D eigenvalue weighted by atomic mass is 19.1. The largest absolute Gasteiger partial charge is 0.450 e. The average Bonchev–Trinajstić information content (AvgIpc) is 3.24. The molecule has 34 heavy (non-hydrogen) atoms. The summed E-state index contributed by atoms with van der Waals surface area (Å²) in [7, 11) is 0. The Bertz CT molecular complexity index is 1420. The number of amides is 1. The maximum atomic E-state index is 13.7. The SMILES string of the molecule is O=C(c1ccc(F)cc1)c1oc2ccccc2c1NC(=O)C(c1ccccc1)c1ccccc1. The Morgan fingerprint density at radius 2 is 1.26 bits per heavy atom. The maximum Gasteiger partial charge on any atom is 0.236 e. The lowest BCUT2D eigenvalue weighted by atomic mass is 9.90. The molecule has 5 heteroatoms. The first kappa shape index (κ1) is 21.3. The summed E-state index contributed by atoms with van der Waals surface area (Å²) >= 11 is 0. The molecule has 4 aromatic carbocycles. The number of carbonyl (C=O) groups excluding carboxylic acids is 2. The van der Waals surface area contributed by atoms with Gasteiger partial charge in [0.15, 0.2) is 5.76 Å². The van der Waals surface area contributed by atoms with E-state index < -0.39 is 17.5 Å². The molecular weight excluding hydrogens is 429 g/mol. The maximum absolute atomic E-state index is 13.7. The predicted molar refractivity (Wildman–Crippen MR) is 129 cm³/mol. The minimum absolute atomic E-state index is 0.000955. The minimum Gasteiger partial charge on any atom is -0.450 e. The van der Waals surface area contributed by atoms with Gasteiger partial charge in [0.05, 0.1) is 11.6 Å². The molecule has 4 nitrogen and oxygen atoms in total. The normalized spacial score (nSPS) is 11.0. The third kappa shape index (κ3) is 4.11. The summed E-state index contributed by atoms with van der Waals surface area (Å²) in [5.41, 5.74) is 2.68. The molecule has 0 aliphatic rings. The Kier molecular flexibility index (Phi) is 5.75. The molecule has 0 aliphatic heterocycles. The number of hydrogen-bond acceptors (Lipinski definition) is 3. The number of halogens is 1. The second-order valence-electron chi connectivity index (χ2n) is 7.88. The van der Waals surface area contributed by atoms with Gasteiger partial charge in [-0.2, -0.15) is 0 Å². The Labute approximate surface area is 195 Å². The molecule has 0 atom stereocenters. The molecule has 0 unspecified atom stereocenters. The number of carbonyl (C=O) groups is 2. The number of furan rings is 1. The molecule has 0 bridgehead atoms. The fourth-order valence-electron chi connectivity index (χ4n) is 4.04. The lowest BCUT2D eigenvalue weighted by molar-refractivity contribution is -0.116. The van der Waals surface area contributed by atoms with Crippen LogP contribution in [0.3, 0.4) is 0 Å². The molecule has 1 heterocycles. The monoisotopic (exact) mass is 449 g/mol. The molecule has 0 saturated carbocycles. The topological polar surface area (TPSA) is 59.3 Å². The summed E-state index contributed by atoms with van der Waals surface area (Å²) in [5, 5.41) is 3.58. The summed E-state index contributed by atoms with van der Waals surface area (Å²) < 4.78 is 19.3. The number of benzene rings is 4. The number of para-hydroxylation sites is 1. The molecule has 1 N–H and O–H groups in total. The first-order valence-electron chi connectivity index (χ1n) is 10.8. The van der Waals surface area contributed by atoms with Crippen LogP contribution in [0.1, 0.15) is 33.2 Å². The minimum atomic E-state index is -0.593. The van der Waals surface area contributed by atoms with Gasteiger partial charge in [0, 0.05) is 10.9 Å². The molecule has 0 fully saturated rings. The van der Waals surface area contributed by atoms with E-state index in [1.807, 2.05) is 66.7 Å². The van der Waals surface area contributed by atoms with Crippen LogP contribution in [0.15, 0.2) is 114 Å². The Balaban J connectivity index is 1.58. The molecule has 0 spiro atoms. The first-order valence-corrected chi connectivity index (χ1v) is 10.8. The highest BCUT2D eigenvalue weighted by Gasteiger charge is 2.28. The molecule has 0 aliphatic carbocycles. The molecule has 5 rings (SSSR count). The lowest BCUT2D eigenvalue weighted by Gasteiger charge is -2.18. The number of rotatable bonds is 6. The second-order valence-corrected chi connectivity index (χ2v) is 7.88. The van der Waals surface area contributed by atoms with Crippen LogP contribution in [-0.2, 0) is 4.79 Å². The number of ketones is 1. The zero-order valence-corrected chi connectivity index (χ0v) is 18.1. The van der Waals surface area contributed by atoms with Gasteiger partial charge in [-0.3, -0.25) is 9.59 Å². The van der Waals surface area contributed by atoms with Gasteiger partial charge in [-0.05, 0) is 47.5 Å². The van der Waals surface area contributed by atoms with Crippen molar-refractivity contribution in [3.8, 4) is 0 Å². The second kappa shape index (κ2) is 9.16. The van der Waals surface area contributed by atoms with Crippen molar-refractivity contribution in [2.75, 3.05) is 5.32 Å². The van der Waals surface area contributed by atoms with Gasteiger partial charge in [-0.15, -0.1) is 0 Å². The van der Waals surface area contributed by atoms with Gasteiger partial charge in [-0.1, -0.05) is 72.8 Å². The van der Waals surface area contributed by atoms with E-state index in [1.165, 1.54) is 24.3 Å². The van der Waals surface area contributed by atoms with Crippen LogP contribution < -0.4 is 5.32 Å². The predicted octanol–water partition coefficient (Wildman–Crippen LogP) is 6.57. The molecule has 166 valence electrons. The molecule has 1 aromatic heterocycles. The summed E-state index contributed by atoms with van der Waals surface area (Å²) in [4.78, 5) is 27.0. The van der Waals surface area contributed by atoms with Crippen molar-refractivity contribution in [1.29, 1.82) is 0 Å². The van der Waals surface area contributed by atoms with E-state index in [9.17, 15) is 14.0 Å². The quantitative estimate of drug-likeness (QED) is 0.298. The van der Waals surface area contributed by atoms with Crippen LogP contribution in [0, 0.1) is 5.82 Å². The van der Waals surface area contributed by atoms with Crippen molar-refractivity contribution in [3.05, 3.63) is 137 Å². The van der Waals surface area contributed by atoms with Crippen LogP contribution in [0.2, 0.25) is 0 Å². The number of anilines is 1. The van der Waals surface area contributed by atoms with Crippen LogP contribution in [0.4, 0.5) is 10.1 Å². The van der Waals surface area contributed by atoms with Crippen molar-refractivity contribution >= 4 is 28.3 Å². The summed E-state index contributed by atoms with van der Waals surface area (Å²) in [6.07, 6.45) is 0. The smallest absolute Gasteiger partial charge is 0.236 e. The summed E-state index contributed by atoms with van der Waals surface area (Å²) in [6, 6.07) is 31.3. The van der Waals surface area contributed by atoms with Gasteiger partial charge >= 0.3 is 0 Å². The molecular formula is C29H20FNO3. The highest BCUT2D eigenvalue weighted by Crippen LogP contribution is 2.34. The van der Waals surface area contributed by atoms with Gasteiger partial charge < -0.3 is 9.73 Å². The van der Waals surface area contributed by atoms with E-state index >= 15 is 0 Å². The summed E-state index contributed by atoms with van der Waals surface area (Å²) in [5.74, 6) is -1.77. The molecule has 0 saturated heterocycles. The zero-order valence-electron chi connectivity index (χ0n) is 18.1. The summed E-state index contributed by atoms with van der Waals surface area (Å²) in [6.45, 7) is 0. The Morgan fingerprint density at radius 1 is 0.706 bits per heavy atom. The third-order valence-electron chi connectivity index (χ3n) is 5.68. The van der Waals surface area contributed by atoms with Gasteiger partial charge in [0.2, 0.25) is 11.7 Å². The van der Waals surface area contributed by atoms with Gasteiger partial charge in [0.1, 0.15) is 11.4 Å². The van der Waals surface area contributed by atoms with Crippen LogP contribution in [-0.4, -0.2) is 11.7 Å². The highest BCUT2D eigenvalue weighted by molar-refractivity contribution is 6.17. The van der Waals surface area contributed by atoms with Crippen LogP contribution in [0.25, 0.3) is 11.0 Å². The fourth-order valence-corrected chi connectivity index (χ4v) is 4.04. The number of nitrogens with one attached hydrogen (secondary N) is 1. The molecule has 1 amide bonds. The van der Waals surface area contributed by atoms with E-state index in [1.54, 1.807) is 18.2 Å². The van der Waals surface area contributed by atoms with Crippen molar-refractivity contribution in [1.82, 2.24) is 0 Å². The number of fused-ring (bicyclic) bond motifs is 1. The average molecular weight is 449 g/mol. The van der Waals surface area contributed by atoms with Crippen molar-refractivity contribution in [3.63, 3.8) is 0 Å². The Hall–Kier alpha value is -4.51. The zero-order chi connectivity index (χ0) is 23.5. The number of hydrogen-bond donors (Lipinski definition) is 1.